The molecular weight excluding hydrogens is 684 g/mol. The van der Waals surface area contributed by atoms with Gasteiger partial charge in [-0.25, -0.2) is 13.8 Å². The number of phenols is 1. The molecule has 13 heteroatoms. The van der Waals surface area contributed by atoms with Gasteiger partial charge in [-0.05, 0) is 49.4 Å². The minimum absolute atomic E-state index is 0.0905. The van der Waals surface area contributed by atoms with Crippen molar-refractivity contribution in [3.05, 3.63) is 65.9 Å². The maximum absolute atomic E-state index is 17.3. The summed E-state index contributed by atoms with van der Waals surface area (Å²) in [5.41, 5.74) is -1.09. The highest BCUT2D eigenvalue weighted by molar-refractivity contribution is 6.03. The molecular formula is C40H41F2N5O6. The van der Waals surface area contributed by atoms with Gasteiger partial charge < -0.3 is 34.6 Å². The van der Waals surface area contributed by atoms with Gasteiger partial charge in [-0.3, -0.25) is 14.7 Å². The van der Waals surface area contributed by atoms with Crippen molar-refractivity contribution < 1.29 is 38.0 Å². The van der Waals surface area contributed by atoms with Crippen LogP contribution in [-0.4, -0.2) is 102 Å². The Morgan fingerprint density at radius 2 is 1.96 bits per heavy atom. The Kier molecular flexibility index (Phi) is 8.97. The molecule has 4 aliphatic rings. The lowest BCUT2D eigenvalue weighted by Crippen LogP contribution is -2.49. The summed E-state index contributed by atoms with van der Waals surface area (Å²) >= 11 is 0. The van der Waals surface area contributed by atoms with Crippen molar-refractivity contribution >= 4 is 33.3 Å². The van der Waals surface area contributed by atoms with E-state index in [1.165, 1.54) is 36.5 Å². The van der Waals surface area contributed by atoms with Gasteiger partial charge in [0.15, 0.2) is 5.82 Å². The number of terminal acetylenes is 1. The quantitative estimate of drug-likeness (QED) is 0.186. The zero-order valence-corrected chi connectivity index (χ0v) is 29.5. The van der Waals surface area contributed by atoms with Crippen molar-refractivity contribution in [1.29, 1.82) is 0 Å². The van der Waals surface area contributed by atoms with Crippen LogP contribution in [0.3, 0.4) is 0 Å². The molecule has 2 aromatic carbocycles. The van der Waals surface area contributed by atoms with Crippen LogP contribution in [0.15, 0.2) is 43.1 Å². The van der Waals surface area contributed by atoms with Crippen LogP contribution >= 0.6 is 0 Å². The molecule has 5 heterocycles. The minimum Gasteiger partial charge on any atom is -0.508 e. The number of hydrogen-bond donors (Lipinski definition) is 3. The van der Waals surface area contributed by atoms with Gasteiger partial charge in [0.1, 0.15) is 28.9 Å². The fourth-order valence-corrected chi connectivity index (χ4v) is 8.28. The lowest BCUT2D eigenvalue weighted by molar-refractivity contribution is -0.117. The van der Waals surface area contributed by atoms with Crippen molar-refractivity contribution in [3.8, 4) is 35.2 Å². The number of halogens is 2. The number of aromatic hydroxyl groups is 1. The number of phenolic OH excluding ortho intramolecular Hbond substituents is 1. The van der Waals surface area contributed by atoms with Crippen LogP contribution in [0.2, 0.25) is 0 Å². The molecule has 1 amide bonds. The molecule has 0 spiro atoms. The van der Waals surface area contributed by atoms with E-state index in [9.17, 15) is 15.0 Å². The molecule has 3 aliphatic heterocycles. The number of anilines is 1. The Balaban J connectivity index is 1.32. The average molecular weight is 726 g/mol. The molecule has 1 aliphatic carbocycles. The van der Waals surface area contributed by atoms with Crippen molar-refractivity contribution in [3.63, 3.8) is 0 Å². The third-order valence-corrected chi connectivity index (χ3v) is 11.1. The number of benzene rings is 2. The number of nitrogens with one attached hydrogen (secondary N) is 1. The lowest BCUT2D eigenvalue weighted by atomic mass is 9.80. The first kappa shape index (κ1) is 35.2. The number of fused-ring (bicyclic) bond motifs is 3. The lowest BCUT2D eigenvalue weighted by Gasteiger charge is -2.43. The molecule has 0 radical (unpaired) electrons. The van der Waals surface area contributed by atoms with Crippen LogP contribution in [0.1, 0.15) is 37.3 Å². The summed E-state index contributed by atoms with van der Waals surface area (Å²) in [5.74, 6) is 0.416. The normalized spacial score (nSPS) is 24.2. The highest BCUT2D eigenvalue weighted by atomic mass is 19.1. The summed E-state index contributed by atoms with van der Waals surface area (Å²) < 4.78 is 50.5. The number of aromatic nitrogens is 2. The molecule has 276 valence electrons. The molecule has 2 aromatic heterocycles. The van der Waals surface area contributed by atoms with Gasteiger partial charge >= 0.3 is 0 Å². The highest BCUT2D eigenvalue weighted by Gasteiger charge is 2.56. The Bertz CT molecular complexity index is 2180. The fourth-order valence-electron chi connectivity index (χ4n) is 8.28. The van der Waals surface area contributed by atoms with E-state index in [4.69, 9.17) is 25.6 Å². The van der Waals surface area contributed by atoms with E-state index in [0.717, 1.165) is 32.5 Å². The van der Waals surface area contributed by atoms with E-state index >= 15 is 8.78 Å². The first-order chi connectivity index (χ1) is 25.5. The van der Waals surface area contributed by atoms with Gasteiger partial charge in [0.25, 0.3) is 0 Å². The van der Waals surface area contributed by atoms with Crippen molar-refractivity contribution in [2.75, 3.05) is 64.1 Å². The second-order valence-corrected chi connectivity index (χ2v) is 14.7. The molecule has 3 N–H and O–H groups in total. The number of rotatable bonds is 7. The summed E-state index contributed by atoms with van der Waals surface area (Å²) in [4.78, 5) is 26.0. The van der Waals surface area contributed by atoms with Crippen LogP contribution < -0.4 is 15.0 Å². The zero-order chi connectivity index (χ0) is 37.1. The Morgan fingerprint density at radius 3 is 2.70 bits per heavy atom. The highest BCUT2D eigenvalue weighted by Crippen LogP contribution is 2.57. The molecule has 2 saturated heterocycles. The molecule has 1 saturated carbocycles. The summed E-state index contributed by atoms with van der Waals surface area (Å²) in [6.45, 7) is 10.1. The predicted molar refractivity (Wildman–Crippen MR) is 195 cm³/mol. The van der Waals surface area contributed by atoms with Crippen LogP contribution in [-0.2, 0) is 19.9 Å². The topological polar surface area (TPSA) is 130 Å². The molecule has 0 unspecified atom stereocenters. The van der Waals surface area contributed by atoms with E-state index in [1.807, 2.05) is 4.90 Å². The van der Waals surface area contributed by atoms with Crippen LogP contribution in [0.5, 0.6) is 11.6 Å². The van der Waals surface area contributed by atoms with Gasteiger partial charge in [-0.1, -0.05) is 18.6 Å². The van der Waals surface area contributed by atoms with E-state index in [2.05, 4.69) is 27.7 Å². The smallest absolute Gasteiger partial charge is 0.243 e. The van der Waals surface area contributed by atoms with Gasteiger partial charge in [-0.2, -0.15) is 0 Å². The number of aliphatic hydroxyl groups is 1. The van der Waals surface area contributed by atoms with Gasteiger partial charge in [-0.15, -0.1) is 6.42 Å². The fraction of sp³-hybridized carbons (Fsp3) is 0.425. The summed E-state index contributed by atoms with van der Waals surface area (Å²) in [6.07, 6.45) is 10.1. The number of ether oxygens (including phenoxy) is 3. The molecule has 0 bridgehead atoms. The third-order valence-electron chi connectivity index (χ3n) is 11.1. The van der Waals surface area contributed by atoms with Gasteiger partial charge in [0.05, 0.1) is 54.9 Å². The second-order valence-electron chi connectivity index (χ2n) is 14.7. The number of morpholine rings is 1. The number of carbonyl (C=O) groups excluding carboxylic acids is 1. The zero-order valence-electron chi connectivity index (χ0n) is 29.5. The van der Waals surface area contributed by atoms with Crippen molar-refractivity contribution in [2.24, 2.45) is 5.41 Å². The van der Waals surface area contributed by atoms with Crippen LogP contribution in [0.4, 0.5) is 14.5 Å². The molecule has 53 heavy (non-hydrogen) atoms. The average Bonchev–Trinajstić information content (AvgIpc) is 3.96. The Hall–Kier alpha value is -4.87. The Labute approximate surface area is 305 Å². The molecule has 8 rings (SSSR count). The van der Waals surface area contributed by atoms with Gasteiger partial charge in [0, 0.05) is 67.1 Å². The number of pyridine rings is 2. The number of nitrogens with zero attached hydrogens (tertiary/aromatic N) is 4. The van der Waals surface area contributed by atoms with E-state index in [-0.39, 0.29) is 76.9 Å². The van der Waals surface area contributed by atoms with E-state index in [0.29, 0.717) is 41.8 Å². The van der Waals surface area contributed by atoms with Crippen molar-refractivity contribution in [1.82, 2.24) is 20.2 Å². The largest absolute Gasteiger partial charge is 0.508 e. The first-order valence-electron chi connectivity index (χ1n) is 17.9. The van der Waals surface area contributed by atoms with E-state index in [1.54, 1.807) is 6.92 Å². The summed E-state index contributed by atoms with van der Waals surface area (Å²) in [7, 11) is 0. The number of carbonyl (C=O) groups is 1. The third kappa shape index (κ3) is 6.33. The summed E-state index contributed by atoms with van der Waals surface area (Å²) in [5, 5.41) is 26.9. The first-order valence-corrected chi connectivity index (χ1v) is 17.9. The molecule has 3 fully saturated rings. The Morgan fingerprint density at radius 1 is 1.19 bits per heavy atom. The molecule has 3 atom stereocenters. The maximum atomic E-state index is 17.3. The van der Waals surface area contributed by atoms with Crippen LogP contribution in [0.25, 0.3) is 32.9 Å². The van der Waals surface area contributed by atoms with Crippen LogP contribution in [0, 0.1) is 29.4 Å². The second kappa shape index (κ2) is 13.5. The number of hydrogen-bond acceptors (Lipinski definition) is 10. The summed E-state index contributed by atoms with van der Waals surface area (Å²) in [6, 6.07) is 4.93. The predicted octanol–water partition coefficient (Wildman–Crippen LogP) is 4.39. The maximum Gasteiger partial charge on any atom is 0.243 e. The standard InChI is InChI=1S/C40H41F2N5O6/c1-4-26-29(41)7-6-23-16-25(48)17-27(32(23)26)35-34(42)36-28(19-43-35)37(47-12-15-52-21-24(20-47)44-31(49)5-2)33-38(45-36)53-30(18-39(33,3)50)40(8-9-40)22-46-10-13-51-14-11-46/h1,5-7,16-17,19,24,30,48,50H,2,8-15,18,20-22H2,3H3,(H,44,49)/t24-,30-,39-/m0/s1. The molecule has 4 aromatic rings. The van der Waals surface area contributed by atoms with E-state index < -0.39 is 29.4 Å². The van der Waals surface area contributed by atoms with Gasteiger partial charge in [0.2, 0.25) is 11.8 Å². The number of amides is 1. The monoisotopic (exact) mass is 725 g/mol. The molecule has 11 nitrogen and oxygen atoms in total. The minimum atomic E-state index is -1.45. The van der Waals surface area contributed by atoms with Crippen molar-refractivity contribution in [2.45, 2.75) is 43.9 Å². The SMILES string of the molecule is C#Cc1c(F)ccc2cc(O)cc(-c3ncc4c(N5CCOC[C@@H](NC(=O)C=C)C5)c5c(nc4c3F)O[C@H](C3(CN4CCOCC4)CC3)C[C@]5(C)O)c12.